The molecule has 0 spiro atoms. The molecule has 11 heavy (non-hydrogen) atoms. The van der Waals surface area contributed by atoms with E-state index >= 15 is 0 Å². The van der Waals surface area contributed by atoms with Crippen molar-refractivity contribution in [3.8, 4) is 0 Å². The summed E-state index contributed by atoms with van der Waals surface area (Å²) < 4.78 is 0.490. The second-order valence-electron chi connectivity index (χ2n) is 2.02. The van der Waals surface area contributed by atoms with Gasteiger partial charge >= 0.3 is 0 Å². The van der Waals surface area contributed by atoms with E-state index in [2.05, 4.69) is 20.9 Å². The average molecular weight is 197 g/mol. The van der Waals surface area contributed by atoms with Crippen LogP contribution in [0.1, 0.15) is 0 Å². The second-order valence-corrected chi connectivity index (χ2v) is 2.82. The molecule has 1 aromatic rings. The van der Waals surface area contributed by atoms with E-state index in [1.807, 2.05) is 0 Å². The lowest BCUT2D eigenvalue weighted by Crippen LogP contribution is -2.46. The first-order valence-corrected chi connectivity index (χ1v) is 3.58. The van der Waals surface area contributed by atoms with Crippen molar-refractivity contribution < 1.29 is 0 Å². The normalized spacial score (nSPS) is 9.91. The summed E-state index contributed by atoms with van der Waals surface area (Å²) in [5.41, 5.74) is 0.985. The summed E-state index contributed by atoms with van der Waals surface area (Å²) in [5.74, 6) is 0. The van der Waals surface area contributed by atoms with Crippen LogP contribution < -0.4 is 22.1 Å². The van der Waals surface area contributed by atoms with E-state index in [0.29, 0.717) is 9.94 Å². The maximum atomic E-state index is 5.51. The van der Waals surface area contributed by atoms with Crippen LogP contribution in [0.2, 0.25) is 0 Å². The Morgan fingerprint density at radius 2 is 1.45 bits per heavy atom. The molecule has 44 valence electrons. The molecule has 6 heteroatoms. The van der Waals surface area contributed by atoms with Gasteiger partial charge in [0.15, 0.2) is 0 Å². The van der Waals surface area contributed by atoms with E-state index < -0.39 is 0 Å². The van der Waals surface area contributed by atoms with Crippen molar-refractivity contribution in [1.29, 1.82) is 0 Å². The molecule has 8 radical (unpaired) electrons. The van der Waals surface area contributed by atoms with E-state index in [1.54, 1.807) is 0 Å². The van der Waals surface area contributed by atoms with Crippen LogP contribution in [0.5, 0.6) is 0 Å². The molecular weight excluding hydrogens is 197 g/mol. The van der Waals surface area contributed by atoms with Crippen LogP contribution >= 0.6 is 15.9 Å². The molecule has 0 saturated carbocycles. The van der Waals surface area contributed by atoms with Crippen LogP contribution in [0.4, 0.5) is 0 Å². The van der Waals surface area contributed by atoms with Crippen molar-refractivity contribution >= 4 is 69.4 Å². The highest BCUT2D eigenvalue weighted by atomic mass is 79.9. The predicted molar refractivity (Wildman–Crippen MR) is 53.5 cm³/mol. The summed E-state index contributed by atoms with van der Waals surface area (Å²) >= 11 is 3.12. The number of hydrogen-bond donors (Lipinski definition) is 0. The fraction of sp³-hybridized carbons (Fsp3) is 0. The van der Waals surface area contributed by atoms with Gasteiger partial charge in [-0.2, -0.15) is 0 Å². The largest absolute Gasteiger partial charge is 0.281 e. The van der Waals surface area contributed by atoms with Gasteiger partial charge in [-0.3, -0.25) is 4.98 Å². The van der Waals surface area contributed by atoms with Crippen molar-refractivity contribution in [2.24, 2.45) is 0 Å². The second kappa shape index (κ2) is 3.10. The molecule has 0 fully saturated rings. The predicted octanol–water partition coefficient (Wildman–Crippen LogP) is -2.98. The lowest BCUT2D eigenvalue weighted by Gasteiger charge is -2.10. The Morgan fingerprint density at radius 1 is 0.909 bits per heavy atom. The third kappa shape index (κ3) is 1.56. The van der Waals surface area contributed by atoms with E-state index in [4.69, 9.17) is 31.4 Å². The molecule has 1 nitrogen and oxygen atoms in total. The third-order valence-electron chi connectivity index (χ3n) is 1.27. The highest BCUT2D eigenvalue weighted by Crippen LogP contribution is 1.94. The van der Waals surface area contributed by atoms with Gasteiger partial charge in [-0.25, -0.2) is 0 Å². The molecule has 0 bridgehead atoms. The van der Waals surface area contributed by atoms with Crippen molar-refractivity contribution in [2.75, 3.05) is 0 Å². The fourth-order valence-corrected chi connectivity index (χ4v) is 0.936. The SMILES string of the molecule is [B]c1nc([B])c(Br)c([B])c1[B]. The first-order chi connectivity index (χ1) is 5.04. The van der Waals surface area contributed by atoms with Crippen molar-refractivity contribution in [1.82, 2.24) is 4.98 Å². The Bertz CT molecular complexity index is 275. The van der Waals surface area contributed by atoms with Crippen molar-refractivity contribution in [3.05, 3.63) is 4.47 Å². The summed E-state index contributed by atoms with van der Waals surface area (Å²) in [4.78, 5) is 3.74. The zero-order chi connectivity index (χ0) is 8.59. The molecule has 0 N–H and O–H groups in total. The van der Waals surface area contributed by atoms with Gasteiger partial charge in [0.25, 0.3) is 0 Å². The number of halogens is 1. The minimum absolute atomic E-state index is 0.156. The summed E-state index contributed by atoms with van der Waals surface area (Å²) in [6.45, 7) is 0. The molecule has 1 aromatic heterocycles. The van der Waals surface area contributed by atoms with Crippen LogP contribution in [0, 0.1) is 0 Å². The van der Waals surface area contributed by atoms with E-state index in [1.165, 1.54) is 0 Å². The summed E-state index contributed by atoms with van der Waals surface area (Å²) in [6, 6.07) is 0. The Balaban J connectivity index is 3.46. The van der Waals surface area contributed by atoms with Gasteiger partial charge in [0.2, 0.25) is 0 Å². The molecule has 0 aliphatic carbocycles. The van der Waals surface area contributed by atoms with Crippen molar-refractivity contribution in [3.63, 3.8) is 0 Å². The molecular formula is C5B4BrN. The number of nitrogens with zero attached hydrogens (tertiary/aromatic N) is 1. The molecule has 0 saturated heterocycles. The zero-order valence-corrected chi connectivity index (χ0v) is 7.22. The van der Waals surface area contributed by atoms with Gasteiger partial charge in [-0.05, 0) is 5.59 Å². The Hall–Kier alpha value is -0.110. The van der Waals surface area contributed by atoms with Gasteiger partial charge in [-0.1, -0.05) is 26.9 Å². The van der Waals surface area contributed by atoms with E-state index in [-0.39, 0.29) is 16.6 Å². The van der Waals surface area contributed by atoms with Crippen LogP contribution in [0.3, 0.4) is 0 Å². The molecule has 1 rings (SSSR count). The molecule has 0 amide bonds. The number of aromatic nitrogens is 1. The summed E-state index contributed by atoms with van der Waals surface area (Å²) in [6.07, 6.45) is 0. The zero-order valence-electron chi connectivity index (χ0n) is 5.63. The molecule has 0 aromatic carbocycles. The van der Waals surface area contributed by atoms with Crippen LogP contribution in [0.15, 0.2) is 4.47 Å². The average Bonchev–Trinajstić information content (AvgIpc) is 1.97. The first kappa shape index (κ1) is 8.98. The Labute approximate surface area is 79.1 Å². The van der Waals surface area contributed by atoms with Gasteiger partial charge in [0.1, 0.15) is 31.4 Å². The lowest BCUT2D eigenvalue weighted by atomic mass is 9.74. The van der Waals surface area contributed by atoms with Crippen LogP contribution in [0.25, 0.3) is 0 Å². The van der Waals surface area contributed by atoms with Crippen LogP contribution in [-0.2, 0) is 0 Å². The minimum atomic E-state index is 0.156. The van der Waals surface area contributed by atoms with Gasteiger partial charge < -0.3 is 0 Å². The number of rotatable bonds is 0. The lowest BCUT2D eigenvalue weighted by molar-refractivity contribution is 1.47. The molecule has 0 aliphatic heterocycles. The molecule has 0 unspecified atom stereocenters. The van der Waals surface area contributed by atoms with Gasteiger partial charge in [0, 0.05) is 10.1 Å². The maximum Gasteiger partial charge on any atom is 0.143 e. The topological polar surface area (TPSA) is 12.9 Å². The fourth-order valence-electron chi connectivity index (χ4n) is 0.633. The Kier molecular flexibility index (Phi) is 2.53. The Morgan fingerprint density at radius 3 is 2.00 bits per heavy atom. The quantitative estimate of drug-likeness (QED) is 0.404. The number of pyridine rings is 1. The smallest absolute Gasteiger partial charge is 0.143 e. The highest BCUT2D eigenvalue weighted by Gasteiger charge is 2.03. The maximum absolute atomic E-state index is 5.51. The first-order valence-electron chi connectivity index (χ1n) is 2.79. The molecule has 0 aliphatic rings. The van der Waals surface area contributed by atoms with Gasteiger partial charge in [0.05, 0.1) is 0 Å². The van der Waals surface area contributed by atoms with Gasteiger partial charge in [-0.15, -0.1) is 0 Å². The number of hydrogen-bond acceptors (Lipinski definition) is 1. The minimum Gasteiger partial charge on any atom is -0.281 e. The summed E-state index contributed by atoms with van der Waals surface area (Å²) in [7, 11) is 21.8. The van der Waals surface area contributed by atoms with Crippen LogP contribution in [-0.4, -0.2) is 36.4 Å². The standard InChI is InChI=1S/C5B4BrN/c6-1-2(7)4(8)11-5(9)3(1)10. The van der Waals surface area contributed by atoms with E-state index in [9.17, 15) is 0 Å². The summed E-state index contributed by atoms with van der Waals surface area (Å²) in [5, 5.41) is 0. The van der Waals surface area contributed by atoms with Crippen molar-refractivity contribution in [2.45, 2.75) is 0 Å². The molecule has 1 heterocycles. The van der Waals surface area contributed by atoms with E-state index in [0.717, 1.165) is 0 Å². The molecule has 0 atom stereocenters. The third-order valence-corrected chi connectivity index (χ3v) is 2.10. The monoisotopic (exact) mass is 197 g/mol. The highest BCUT2D eigenvalue weighted by molar-refractivity contribution is 9.10.